The number of benzene rings is 2. The highest BCUT2D eigenvalue weighted by Crippen LogP contribution is 2.32. The maximum Gasteiger partial charge on any atom is 0.229 e. The van der Waals surface area contributed by atoms with Gasteiger partial charge >= 0.3 is 0 Å². The molecule has 0 unspecified atom stereocenters. The van der Waals surface area contributed by atoms with Crippen LogP contribution in [0.1, 0.15) is 0 Å². The van der Waals surface area contributed by atoms with Crippen LogP contribution in [0.3, 0.4) is 0 Å². The van der Waals surface area contributed by atoms with E-state index in [0.717, 1.165) is 28.2 Å². The lowest BCUT2D eigenvalue weighted by atomic mass is 10.2. The Labute approximate surface area is 141 Å². The molecule has 0 atom stereocenters. The first-order chi connectivity index (χ1) is 11.6. The van der Waals surface area contributed by atoms with Crippen LogP contribution in [-0.2, 0) is 0 Å². The number of hydrogen-bond donors (Lipinski definition) is 1. The smallest absolute Gasteiger partial charge is 0.229 e. The molecule has 124 valence electrons. The molecule has 0 bridgehead atoms. The summed E-state index contributed by atoms with van der Waals surface area (Å²) in [5.74, 6) is 2.78. The summed E-state index contributed by atoms with van der Waals surface area (Å²) in [5, 5.41) is 4.24. The molecule has 3 aromatic rings. The number of fused-ring (bicyclic) bond motifs is 1. The third kappa shape index (κ3) is 3.03. The Morgan fingerprint density at radius 3 is 2.46 bits per heavy atom. The van der Waals surface area contributed by atoms with Crippen LogP contribution in [0.5, 0.6) is 11.5 Å². The van der Waals surface area contributed by atoms with E-state index in [-0.39, 0.29) is 0 Å². The first kappa shape index (κ1) is 15.9. The van der Waals surface area contributed by atoms with Crippen LogP contribution in [0.25, 0.3) is 10.9 Å². The van der Waals surface area contributed by atoms with Gasteiger partial charge in [0.05, 0.1) is 25.4 Å². The first-order valence-electron chi connectivity index (χ1n) is 7.55. The number of methoxy groups -OCH3 is 2. The predicted octanol–water partition coefficient (Wildman–Crippen LogP) is 3.46. The Morgan fingerprint density at radius 2 is 1.75 bits per heavy atom. The van der Waals surface area contributed by atoms with Gasteiger partial charge in [0.15, 0.2) is 0 Å². The van der Waals surface area contributed by atoms with Crippen molar-refractivity contribution in [2.45, 2.75) is 0 Å². The van der Waals surface area contributed by atoms with Gasteiger partial charge in [0, 0.05) is 25.5 Å². The highest BCUT2D eigenvalue weighted by molar-refractivity contribution is 5.90. The standard InChI is InChI=1S/C18H20N4O2/c1-22(2)17-13-7-5-6-8-14(13)19-18(21-17)20-15-11-12(23-3)9-10-16(15)24-4/h5-11H,1-4H3,(H,19,20,21). The van der Waals surface area contributed by atoms with Gasteiger partial charge in [-0.3, -0.25) is 0 Å². The second-order valence-electron chi connectivity index (χ2n) is 5.47. The molecule has 0 fully saturated rings. The molecular formula is C18H20N4O2. The molecule has 1 aromatic heterocycles. The van der Waals surface area contributed by atoms with E-state index >= 15 is 0 Å². The summed E-state index contributed by atoms with van der Waals surface area (Å²) >= 11 is 0. The summed E-state index contributed by atoms with van der Waals surface area (Å²) in [7, 11) is 7.18. The second kappa shape index (κ2) is 6.62. The summed E-state index contributed by atoms with van der Waals surface area (Å²) in [5.41, 5.74) is 1.62. The van der Waals surface area contributed by atoms with Gasteiger partial charge in [0.1, 0.15) is 17.3 Å². The average molecular weight is 324 g/mol. The van der Waals surface area contributed by atoms with Gasteiger partial charge in [0.25, 0.3) is 0 Å². The molecule has 0 aliphatic carbocycles. The normalized spacial score (nSPS) is 10.5. The monoisotopic (exact) mass is 324 g/mol. The molecule has 0 amide bonds. The van der Waals surface area contributed by atoms with Gasteiger partial charge in [-0.2, -0.15) is 4.98 Å². The Morgan fingerprint density at radius 1 is 0.958 bits per heavy atom. The van der Waals surface area contributed by atoms with Crippen molar-refractivity contribution in [2.75, 3.05) is 38.5 Å². The fraction of sp³-hybridized carbons (Fsp3) is 0.222. The number of rotatable bonds is 5. The van der Waals surface area contributed by atoms with Crippen LogP contribution >= 0.6 is 0 Å². The van der Waals surface area contributed by atoms with E-state index < -0.39 is 0 Å². The molecule has 0 spiro atoms. The molecule has 0 saturated carbocycles. The molecule has 0 aliphatic rings. The molecule has 6 heteroatoms. The van der Waals surface area contributed by atoms with E-state index in [1.54, 1.807) is 14.2 Å². The van der Waals surface area contributed by atoms with E-state index in [4.69, 9.17) is 9.47 Å². The lowest BCUT2D eigenvalue weighted by Gasteiger charge is -2.17. The lowest BCUT2D eigenvalue weighted by molar-refractivity contribution is 0.405. The lowest BCUT2D eigenvalue weighted by Crippen LogP contribution is -2.13. The molecule has 0 radical (unpaired) electrons. The molecule has 6 nitrogen and oxygen atoms in total. The minimum atomic E-state index is 0.504. The molecule has 24 heavy (non-hydrogen) atoms. The van der Waals surface area contributed by atoms with Gasteiger partial charge in [-0.15, -0.1) is 0 Å². The van der Waals surface area contributed by atoms with Crippen molar-refractivity contribution < 1.29 is 9.47 Å². The molecule has 3 rings (SSSR count). The topological polar surface area (TPSA) is 59.5 Å². The van der Waals surface area contributed by atoms with Crippen LogP contribution in [0.4, 0.5) is 17.5 Å². The zero-order chi connectivity index (χ0) is 17.1. The average Bonchev–Trinajstić information content (AvgIpc) is 2.60. The Balaban J connectivity index is 2.07. The molecule has 0 saturated heterocycles. The second-order valence-corrected chi connectivity index (χ2v) is 5.47. The number of nitrogens with one attached hydrogen (secondary N) is 1. The summed E-state index contributed by atoms with van der Waals surface area (Å²) in [6.45, 7) is 0. The van der Waals surface area contributed by atoms with E-state index in [9.17, 15) is 0 Å². The number of ether oxygens (including phenoxy) is 2. The molecule has 1 heterocycles. The van der Waals surface area contributed by atoms with Crippen molar-refractivity contribution in [2.24, 2.45) is 0 Å². The van der Waals surface area contributed by atoms with Crippen molar-refractivity contribution in [3.63, 3.8) is 0 Å². The number of aromatic nitrogens is 2. The van der Waals surface area contributed by atoms with E-state index in [2.05, 4.69) is 15.3 Å². The van der Waals surface area contributed by atoms with E-state index in [1.165, 1.54) is 0 Å². The SMILES string of the molecule is COc1ccc(OC)c(Nc2nc(N(C)C)c3ccccc3n2)c1. The van der Waals surface area contributed by atoms with Crippen LogP contribution in [0.15, 0.2) is 42.5 Å². The zero-order valence-corrected chi connectivity index (χ0v) is 14.2. The van der Waals surface area contributed by atoms with Gasteiger partial charge in [-0.25, -0.2) is 4.98 Å². The third-order valence-corrected chi connectivity index (χ3v) is 3.66. The van der Waals surface area contributed by atoms with Gasteiger partial charge in [0.2, 0.25) is 5.95 Å². The van der Waals surface area contributed by atoms with Crippen molar-refractivity contribution in [3.8, 4) is 11.5 Å². The van der Waals surface area contributed by atoms with Crippen LogP contribution in [0, 0.1) is 0 Å². The van der Waals surface area contributed by atoms with Gasteiger partial charge in [-0.05, 0) is 24.3 Å². The fourth-order valence-electron chi connectivity index (χ4n) is 2.49. The summed E-state index contributed by atoms with van der Waals surface area (Å²) in [4.78, 5) is 11.2. The molecular weight excluding hydrogens is 304 g/mol. The number of nitrogens with zero attached hydrogens (tertiary/aromatic N) is 3. The van der Waals surface area contributed by atoms with Crippen LogP contribution in [0.2, 0.25) is 0 Å². The predicted molar refractivity (Wildman–Crippen MR) is 96.7 cm³/mol. The van der Waals surface area contributed by atoms with E-state index in [0.29, 0.717) is 11.7 Å². The quantitative estimate of drug-likeness (QED) is 0.775. The van der Waals surface area contributed by atoms with Crippen molar-refractivity contribution in [1.29, 1.82) is 0 Å². The summed E-state index contributed by atoms with van der Waals surface area (Å²) in [6.07, 6.45) is 0. The van der Waals surface area contributed by atoms with Crippen molar-refractivity contribution in [1.82, 2.24) is 9.97 Å². The highest BCUT2D eigenvalue weighted by atomic mass is 16.5. The molecule has 0 aliphatic heterocycles. The fourth-order valence-corrected chi connectivity index (χ4v) is 2.49. The first-order valence-corrected chi connectivity index (χ1v) is 7.55. The van der Waals surface area contributed by atoms with Crippen molar-refractivity contribution in [3.05, 3.63) is 42.5 Å². The summed E-state index contributed by atoms with van der Waals surface area (Å²) in [6, 6.07) is 13.5. The zero-order valence-electron chi connectivity index (χ0n) is 14.2. The van der Waals surface area contributed by atoms with Crippen LogP contribution < -0.4 is 19.7 Å². The van der Waals surface area contributed by atoms with E-state index in [1.807, 2.05) is 61.5 Å². The summed E-state index contributed by atoms with van der Waals surface area (Å²) < 4.78 is 10.7. The Kier molecular flexibility index (Phi) is 4.37. The maximum absolute atomic E-state index is 5.40. The van der Waals surface area contributed by atoms with Crippen molar-refractivity contribution >= 4 is 28.4 Å². The number of anilines is 3. The van der Waals surface area contributed by atoms with Gasteiger partial charge in [-0.1, -0.05) is 12.1 Å². The third-order valence-electron chi connectivity index (χ3n) is 3.66. The Hall–Kier alpha value is -3.02. The minimum absolute atomic E-state index is 0.504. The Bertz CT molecular complexity index is 865. The molecule has 2 aromatic carbocycles. The number of hydrogen-bond acceptors (Lipinski definition) is 6. The number of para-hydroxylation sites is 1. The maximum atomic E-state index is 5.40. The highest BCUT2D eigenvalue weighted by Gasteiger charge is 2.11. The minimum Gasteiger partial charge on any atom is -0.497 e. The van der Waals surface area contributed by atoms with Crippen LogP contribution in [-0.4, -0.2) is 38.3 Å². The largest absolute Gasteiger partial charge is 0.497 e. The molecule has 1 N–H and O–H groups in total. The van der Waals surface area contributed by atoms with Gasteiger partial charge < -0.3 is 19.7 Å².